The van der Waals surface area contributed by atoms with Gasteiger partial charge in [-0.1, -0.05) is 0 Å². The summed E-state index contributed by atoms with van der Waals surface area (Å²) in [6, 6.07) is 13.7. The molecule has 1 fully saturated rings. The number of benzene rings is 2. The van der Waals surface area contributed by atoms with Gasteiger partial charge in [-0.15, -0.1) is 0 Å². The zero-order chi connectivity index (χ0) is 21.7. The number of nitrogens with one attached hydrogen (secondary N) is 1. The van der Waals surface area contributed by atoms with Crippen LogP contribution in [0.1, 0.15) is 18.4 Å². The van der Waals surface area contributed by atoms with E-state index < -0.39 is 10.0 Å². The number of allylic oxidation sites excluding steroid dienone is 1. The Bertz CT molecular complexity index is 1080. The number of piperidine rings is 1. The molecule has 0 aromatic heterocycles. The van der Waals surface area contributed by atoms with E-state index in [2.05, 4.69) is 5.32 Å². The molecule has 0 radical (unpaired) electrons. The number of nitrogens with zero attached hydrogens (tertiary/aromatic N) is 2. The van der Waals surface area contributed by atoms with Crippen LogP contribution < -0.4 is 10.5 Å². The number of sulfonamides is 1. The van der Waals surface area contributed by atoms with E-state index in [1.54, 1.807) is 12.1 Å². The molecule has 2 aromatic carbocycles. The molecule has 7 nitrogen and oxygen atoms in total. The first-order valence-electron chi connectivity index (χ1n) is 9.32. The quantitative estimate of drug-likeness (QED) is 0.710. The summed E-state index contributed by atoms with van der Waals surface area (Å²) in [5, 5.41) is 17.0. The van der Waals surface area contributed by atoms with Crippen molar-refractivity contribution < 1.29 is 17.6 Å². The highest BCUT2D eigenvalue weighted by Crippen LogP contribution is 2.27. The molecular weight excluding hydrogens is 407 g/mol. The van der Waals surface area contributed by atoms with Gasteiger partial charge >= 0.3 is 0 Å². The van der Waals surface area contributed by atoms with Gasteiger partial charge in [0.2, 0.25) is 15.9 Å². The summed E-state index contributed by atoms with van der Waals surface area (Å²) in [5.74, 6) is -0.705. The molecule has 156 valence electrons. The highest BCUT2D eigenvalue weighted by molar-refractivity contribution is 7.89. The van der Waals surface area contributed by atoms with Crippen LogP contribution in [-0.4, -0.2) is 32.3 Å². The second-order valence-electron chi connectivity index (χ2n) is 6.99. The van der Waals surface area contributed by atoms with Crippen LogP contribution in [0, 0.1) is 23.1 Å². The molecule has 0 spiro atoms. The van der Waals surface area contributed by atoms with E-state index in [0.717, 1.165) is 5.56 Å². The number of carbonyl (C=O) groups excluding carboxylic acids is 1. The molecule has 1 aliphatic rings. The number of rotatable bonds is 5. The van der Waals surface area contributed by atoms with Crippen molar-refractivity contribution in [1.29, 1.82) is 5.26 Å². The molecule has 1 heterocycles. The zero-order valence-electron chi connectivity index (χ0n) is 16.1. The Morgan fingerprint density at radius 2 is 1.73 bits per heavy atom. The van der Waals surface area contributed by atoms with Gasteiger partial charge in [0.1, 0.15) is 5.82 Å². The standard InChI is InChI=1S/C21H21FN4O3S/c22-17-3-1-15(2-4-17)20(9-12-23)26-13-10-16(11-14-26)21(27)25-18-5-7-19(8-6-18)30(24,28)29/h1-9,16H,10-11,13-14H2,(H,25,27)(H2,24,28,29)/b20-9+. The van der Waals surface area contributed by atoms with Crippen LogP contribution in [0.15, 0.2) is 59.5 Å². The van der Waals surface area contributed by atoms with Crippen molar-refractivity contribution in [3.05, 3.63) is 66.0 Å². The normalized spacial score (nSPS) is 15.5. The van der Waals surface area contributed by atoms with Gasteiger partial charge in [-0.3, -0.25) is 4.79 Å². The minimum absolute atomic E-state index is 0.0218. The van der Waals surface area contributed by atoms with Crippen molar-refractivity contribution in [3.63, 3.8) is 0 Å². The summed E-state index contributed by atoms with van der Waals surface area (Å²) in [6.45, 7) is 1.15. The summed E-state index contributed by atoms with van der Waals surface area (Å²) in [7, 11) is -3.78. The molecule has 3 N–H and O–H groups in total. The number of carbonyl (C=O) groups is 1. The number of hydrogen-bond acceptors (Lipinski definition) is 5. The number of halogens is 1. The van der Waals surface area contributed by atoms with Crippen LogP contribution in [0.3, 0.4) is 0 Å². The zero-order valence-corrected chi connectivity index (χ0v) is 16.9. The largest absolute Gasteiger partial charge is 0.370 e. The Hall–Kier alpha value is -3.22. The van der Waals surface area contributed by atoms with Crippen molar-refractivity contribution in [2.24, 2.45) is 11.1 Å². The monoisotopic (exact) mass is 428 g/mol. The molecule has 0 atom stereocenters. The molecule has 1 saturated heterocycles. The SMILES string of the molecule is N#C/C=C(\c1ccc(F)cc1)N1CCC(C(=O)Nc2ccc(S(N)(=O)=O)cc2)CC1. The Morgan fingerprint density at radius 1 is 1.13 bits per heavy atom. The number of primary sulfonamides is 1. The van der Waals surface area contributed by atoms with Gasteiger partial charge in [0.15, 0.2) is 0 Å². The van der Waals surface area contributed by atoms with E-state index in [1.807, 2.05) is 11.0 Å². The van der Waals surface area contributed by atoms with Gasteiger partial charge in [-0.05, 0) is 66.9 Å². The average molecular weight is 428 g/mol. The molecule has 3 rings (SSSR count). The van der Waals surface area contributed by atoms with E-state index in [4.69, 9.17) is 10.4 Å². The molecular formula is C21H21FN4O3S. The Balaban J connectivity index is 1.61. The first-order valence-corrected chi connectivity index (χ1v) is 10.9. The number of likely N-dealkylation sites (tertiary alicyclic amines) is 1. The lowest BCUT2D eigenvalue weighted by Gasteiger charge is -2.34. The van der Waals surface area contributed by atoms with E-state index in [-0.39, 0.29) is 22.5 Å². The number of nitriles is 1. The predicted molar refractivity (Wildman–Crippen MR) is 111 cm³/mol. The summed E-state index contributed by atoms with van der Waals surface area (Å²) >= 11 is 0. The third-order valence-corrected chi connectivity index (χ3v) is 5.93. The third-order valence-electron chi connectivity index (χ3n) is 5.00. The molecule has 0 aliphatic carbocycles. The smallest absolute Gasteiger partial charge is 0.238 e. The van der Waals surface area contributed by atoms with E-state index in [0.29, 0.717) is 37.3 Å². The predicted octanol–water partition coefficient (Wildman–Crippen LogP) is 2.69. The first kappa shape index (κ1) is 21.5. The fourth-order valence-corrected chi connectivity index (χ4v) is 3.91. The Labute approximate surface area is 174 Å². The summed E-state index contributed by atoms with van der Waals surface area (Å²) in [4.78, 5) is 14.6. The number of nitrogens with two attached hydrogens (primary N) is 1. The maximum absolute atomic E-state index is 13.2. The van der Waals surface area contributed by atoms with Gasteiger partial charge in [0.05, 0.1) is 16.7 Å². The molecule has 0 unspecified atom stereocenters. The fourth-order valence-electron chi connectivity index (χ4n) is 3.39. The van der Waals surface area contributed by atoms with Gasteiger partial charge in [0, 0.05) is 30.8 Å². The Kier molecular flexibility index (Phi) is 6.50. The van der Waals surface area contributed by atoms with E-state index in [1.165, 1.54) is 42.5 Å². The summed E-state index contributed by atoms with van der Waals surface area (Å²) < 4.78 is 35.8. The van der Waals surface area contributed by atoms with Crippen molar-refractivity contribution in [1.82, 2.24) is 4.90 Å². The lowest BCUT2D eigenvalue weighted by molar-refractivity contribution is -0.121. The van der Waals surface area contributed by atoms with Crippen LogP contribution in [0.4, 0.5) is 10.1 Å². The van der Waals surface area contributed by atoms with Crippen molar-refractivity contribution in [2.45, 2.75) is 17.7 Å². The maximum Gasteiger partial charge on any atom is 0.238 e. The highest BCUT2D eigenvalue weighted by atomic mass is 32.2. The molecule has 9 heteroatoms. The third kappa shape index (κ3) is 5.23. The average Bonchev–Trinajstić information content (AvgIpc) is 2.73. The van der Waals surface area contributed by atoms with Crippen LogP contribution in [0.5, 0.6) is 0 Å². The van der Waals surface area contributed by atoms with Crippen LogP contribution in [0.2, 0.25) is 0 Å². The van der Waals surface area contributed by atoms with Crippen LogP contribution in [0.25, 0.3) is 5.70 Å². The molecule has 1 amide bonds. The fraction of sp³-hybridized carbons (Fsp3) is 0.238. The lowest BCUT2D eigenvalue weighted by atomic mass is 9.94. The van der Waals surface area contributed by atoms with E-state index in [9.17, 15) is 17.6 Å². The lowest BCUT2D eigenvalue weighted by Crippen LogP contribution is -2.37. The van der Waals surface area contributed by atoms with Gasteiger partial charge < -0.3 is 10.2 Å². The molecule has 30 heavy (non-hydrogen) atoms. The number of anilines is 1. The van der Waals surface area contributed by atoms with E-state index >= 15 is 0 Å². The highest BCUT2D eigenvalue weighted by Gasteiger charge is 2.26. The molecule has 0 saturated carbocycles. The van der Waals surface area contributed by atoms with Gasteiger partial charge in [-0.25, -0.2) is 17.9 Å². The van der Waals surface area contributed by atoms with Crippen molar-refractivity contribution in [3.8, 4) is 6.07 Å². The topological polar surface area (TPSA) is 116 Å². The van der Waals surface area contributed by atoms with Crippen LogP contribution >= 0.6 is 0 Å². The van der Waals surface area contributed by atoms with Crippen molar-refractivity contribution >= 4 is 27.3 Å². The Morgan fingerprint density at radius 3 is 2.27 bits per heavy atom. The maximum atomic E-state index is 13.2. The van der Waals surface area contributed by atoms with Gasteiger partial charge in [-0.2, -0.15) is 5.26 Å². The van der Waals surface area contributed by atoms with Crippen molar-refractivity contribution in [2.75, 3.05) is 18.4 Å². The second kappa shape index (κ2) is 9.07. The first-order chi connectivity index (χ1) is 14.3. The van der Waals surface area contributed by atoms with Crippen LogP contribution in [-0.2, 0) is 14.8 Å². The summed E-state index contributed by atoms with van der Waals surface area (Å²) in [5.41, 5.74) is 1.94. The van der Waals surface area contributed by atoms with Gasteiger partial charge in [0.25, 0.3) is 0 Å². The number of amides is 1. The summed E-state index contributed by atoms with van der Waals surface area (Å²) in [6.07, 6.45) is 2.61. The minimum atomic E-state index is -3.78. The molecule has 2 aromatic rings. The molecule has 1 aliphatic heterocycles. The molecule has 0 bridgehead atoms. The number of hydrogen-bond donors (Lipinski definition) is 2. The minimum Gasteiger partial charge on any atom is -0.370 e. The second-order valence-corrected chi connectivity index (χ2v) is 8.55.